The van der Waals surface area contributed by atoms with Crippen molar-refractivity contribution in [2.45, 2.75) is 0 Å². The zero-order valence-corrected chi connectivity index (χ0v) is 30.0. The van der Waals surface area contributed by atoms with E-state index in [9.17, 15) is 0 Å². The van der Waals surface area contributed by atoms with Crippen LogP contribution < -0.4 is 0 Å². The number of benzene rings is 7. The fraction of sp³-hybridized carbons (Fsp3) is 0. The topological polar surface area (TPSA) is 69.6 Å². The van der Waals surface area contributed by atoms with Gasteiger partial charge in [-0.3, -0.25) is 4.57 Å². The first kappa shape index (κ1) is 31.8. The highest BCUT2D eigenvalue weighted by Crippen LogP contribution is 2.40. The minimum atomic E-state index is 0.501. The maximum absolute atomic E-state index is 6.27. The third-order valence-electron chi connectivity index (χ3n) is 10.5. The van der Waals surface area contributed by atoms with Gasteiger partial charge in [0.05, 0.1) is 11.0 Å². The van der Waals surface area contributed by atoms with E-state index in [1.54, 1.807) is 0 Å². The molecule has 6 heteroatoms. The van der Waals surface area contributed by atoms with Crippen LogP contribution in [0.1, 0.15) is 0 Å². The summed E-state index contributed by atoms with van der Waals surface area (Å²) in [5, 5.41) is 4.51. The fourth-order valence-corrected chi connectivity index (χ4v) is 7.88. The second kappa shape index (κ2) is 13.0. The van der Waals surface area contributed by atoms with E-state index >= 15 is 0 Å². The van der Waals surface area contributed by atoms with Crippen molar-refractivity contribution in [1.29, 1.82) is 0 Å². The van der Waals surface area contributed by atoms with Crippen molar-refractivity contribution in [3.63, 3.8) is 0 Å². The largest absolute Gasteiger partial charge is 0.456 e. The van der Waals surface area contributed by atoms with Crippen LogP contribution in [0.5, 0.6) is 0 Å². The van der Waals surface area contributed by atoms with E-state index in [2.05, 4.69) is 114 Å². The summed E-state index contributed by atoms with van der Waals surface area (Å²) >= 11 is 0. The Bertz CT molecular complexity index is 3260. The van der Waals surface area contributed by atoms with Crippen LogP contribution in [-0.4, -0.2) is 24.5 Å². The molecular formula is C50H31N5O. The first-order chi connectivity index (χ1) is 27.7. The monoisotopic (exact) mass is 717 g/mol. The molecule has 0 radical (unpaired) electrons. The number of rotatable bonds is 6. The van der Waals surface area contributed by atoms with Crippen LogP contribution in [0.2, 0.25) is 0 Å². The number of hydrogen-bond acceptors (Lipinski definition) is 5. The molecule has 0 saturated carbocycles. The summed E-state index contributed by atoms with van der Waals surface area (Å²) in [6.07, 6.45) is 0. The molecule has 0 unspecified atom stereocenters. The molecule has 0 aliphatic heterocycles. The molecule has 262 valence electrons. The molecule has 11 aromatic rings. The summed E-state index contributed by atoms with van der Waals surface area (Å²) < 4.78 is 8.51. The van der Waals surface area contributed by atoms with Crippen LogP contribution in [-0.2, 0) is 0 Å². The molecule has 56 heavy (non-hydrogen) atoms. The standard InChI is InChI=1S/C50H31N5O/c1-3-14-32(15-4-1)34-18-11-19-36(30-34)49-52-48(33-16-5-2-6-17-33)53-50(54-49)41-23-13-27-46(51-41)55-42-24-9-7-20-38(42)39-29-28-35(31-43(39)55)37-22-12-26-45-47(37)40-21-8-10-25-44(40)56-45/h1-31H. The minimum absolute atomic E-state index is 0.501. The summed E-state index contributed by atoms with van der Waals surface area (Å²) in [5.74, 6) is 2.44. The Kier molecular flexibility index (Phi) is 7.38. The van der Waals surface area contributed by atoms with E-state index in [-0.39, 0.29) is 0 Å². The van der Waals surface area contributed by atoms with Crippen LogP contribution in [0.4, 0.5) is 0 Å². The van der Waals surface area contributed by atoms with Crippen molar-refractivity contribution in [2.75, 3.05) is 0 Å². The van der Waals surface area contributed by atoms with Gasteiger partial charge in [0.15, 0.2) is 17.5 Å². The summed E-state index contributed by atoms with van der Waals surface area (Å²) in [7, 11) is 0. The maximum atomic E-state index is 6.27. The highest BCUT2D eigenvalue weighted by molar-refractivity contribution is 6.14. The van der Waals surface area contributed by atoms with Crippen molar-refractivity contribution in [1.82, 2.24) is 24.5 Å². The number of hydrogen-bond donors (Lipinski definition) is 0. The number of pyridine rings is 1. The molecule has 0 atom stereocenters. The number of furan rings is 1. The smallest absolute Gasteiger partial charge is 0.182 e. The predicted octanol–water partition coefficient (Wildman–Crippen LogP) is 12.6. The average molecular weight is 718 g/mol. The summed E-state index contributed by atoms with van der Waals surface area (Å²) in [6.45, 7) is 0. The molecule has 4 aromatic heterocycles. The Morgan fingerprint density at radius 3 is 1.84 bits per heavy atom. The zero-order valence-electron chi connectivity index (χ0n) is 30.0. The van der Waals surface area contributed by atoms with Gasteiger partial charge in [0.1, 0.15) is 22.7 Å². The van der Waals surface area contributed by atoms with E-state index in [4.69, 9.17) is 24.4 Å². The van der Waals surface area contributed by atoms with Crippen molar-refractivity contribution in [3.05, 3.63) is 188 Å². The molecule has 0 N–H and O–H groups in total. The van der Waals surface area contributed by atoms with E-state index in [0.717, 1.165) is 82.9 Å². The molecule has 6 nitrogen and oxygen atoms in total. The van der Waals surface area contributed by atoms with Gasteiger partial charge in [0.25, 0.3) is 0 Å². The Balaban J connectivity index is 1.09. The van der Waals surface area contributed by atoms with Gasteiger partial charge in [-0.2, -0.15) is 0 Å². The van der Waals surface area contributed by atoms with Gasteiger partial charge >= 0.3 is 0 Å². The van der Waals surface area contributed by atoms with Gasteiger partial charge in [0, 0.05) is 32.7 Å². The Morgan fingerprint density at radius 2 is 0.982 bits per heavy atom. The second-order valence-electron chi connectivity index (χ2n) is 13.9. The van der Waals surface area contributed by atoms with Gasteiger partial charge in [-0.15, -0.1) is 0 Å². The molecule has 0 fully saturated rings. The molecule has 0 aliphatic carbocycles. The molecule has 0 saturated heterocycles. The lowest BCUT2D eigenvalue weighted by atomic mass is 9.98. The van der Waals surface area contributed by atoms with Gasteiger partial charge in [-0.25, -0.2) is 19.9 Å². The normalized spacial score (nSPS) is 11.6. The van der Waals surface area contributed by atoms with Crippen molar-refractivity contribution >= 4 is 43.7 Å². The van der Waals surface area contributed by atoms with E-state index in [1.165, 1.54) is 0 Å². The van der Waals surface area contributed by atoms with Gasteiger partial charge in [-0.05, 0) is 64.7 Å². The second-order valence-corrected chi connectivity index (χ2v) is 13.9. The van der Waals surface area contributed by atoms with Crippen LogP contribution in [0.3, 0.4) is 0 Å². The van der Waals surface area contributed by atoms with E-state index < -0.39 is 0 Å². The average Bonchev–Trinajstić information content (AvgIpc) is 3.83. The molecule has 0 spiro atoms. The number of nitrogens with zero attached hydrogens (tertiary/aromatic N) is 5. The highest BCUT2D eigenvalue weighted by Gasteiger charge is 2.19. The lowest BCUT2D eigenvalue weighted by Crippen LogP contribution is -2.03. The third kappa shape index (κ3) is 5.35. The summed E-state index contributed by atoms with van der Waals surface area (Å²) in [4.78, 5) is 20.4. The number of aromatic nitrogens is 5. The Labute approximate surface area is 322 Å². The van der Waals surface area contributed by atoms with Crippen molar-refractivity contribution in [2.24, 2.45) is 0 Å². The van der Waals surface area contributed by atoms with Gasteiger partial charge in [-0.1, -0.05) is 146 Å². The van der Waals surface area contributed by atoms with E-state index in [0.29, 0.717) is 23.2 Å². The first-order valence-corrected chi connectivity index (χ1v) is 18.6. The van der Waals surface area contributed by atoms with Crippen LogP contribution in [0, 0.1) is 0 Å². The third-order valence-corrected chi connectivity index (χ3v) is 10.5. The highest BCUT2D eigenvalue weighted by atomic mass is 16.3. The van der Waals surface area contributed by atoms with Gasteiger partial charge < -0.3 is 4.42 Å². The van der Waals surface area contributed by atoms with Crippen molar-refractivity contribution < 1.29 is 4.42 Å². The minimum Gasteiger partial charge on any atom is -0.456 e. The van der Waals surface area contributed by atoms with Crippen LogP contribution >= 0.6 is 0 Å². The predicted molar refractivity (Wildman–Crippen MR) is 226 cm³/mol. The Hall–Kier alpha value is -7.70. The van der Waals surface area contributed by atoms with Crippen LogP contribution in [0.25, 0.3) is 106 Å². The molecule has 0 bridgehead atoms. The van der Waals surface area contributed by atoms with Crippen molar-refractivity contribution in [3.8, 4) is 62.4 Å². The Morgan fingerprint density at radius 1 is 0.357 bits per heavy atom. The lowest BCUT2D eigenvalue weighted by Gasteiger charge is -2.12. The first-order valence-electron chi connectivity index (χ1n) is 18.6. The SMILES string of the molecule is c1ccc(-c2cccc(-c3nc(-c4ccccc4)nc(-c4cccc(-n5c6ccccc6c6ccc(-c7cccc8oc9ccccc9c78)cc65)n4)n3)c2)cc1. The molecule has 0 aliphatic rings. The van der Waals surface area contributed by atoms with Crippen LogP contribution in [0.15, 0.2) is 192 Å². The number of fused-ring (bicyclic) bond motifs is 6. The number of para-hydroxylation sites is 2. The zero-order chi connectivity index (χ0) is 37.0. The van der Waals surface area contributed by atoms with E-state index in [1.807, 2.05) is 78.9 Å². The lowest BCUT2D eigenvalue weighted by molar-refractivity contribution is 0.669. The quantitative estimate of drug-likeness (QED) is 0.171. The summed E-state index contributed by atoms with van der Waals surface area (Å²) in [6, 6.07) is 64.5. The molecule has 11 rings (SSSR count). The maximum Gasteiger partial charge on any atom is 0.182 e. The molecular weight excluding hydrogens is 687 g/mol. The van der Waals surface area contributed by atoms with Gasteiger partial charge in [0.2, 0.25) is 0 Å². The summed E-state index contributed by atoms with van der Waals surface area (Å²) in [5.41, 5.74) is 10.8. The fourth-order valence-electron chi connectivity index (χ4n) is 7.88. The molecule has 7 aromatic carbocycles. The molecule has 0 amide bonds. The molecule has 4 heterocycles.